The van der Waals surface area contributed by atoms with Crippen LogP contribution in [-0.4, -0.2) is 47.6 Å². The summed E-state index contributed by atoms with van der Waals surface area (Å²) in [5.41, 5.74) is 3.25. The second-order valence-corrected chi connectivity index (χ2v) is 5.83. The SMILES string of the molecule is CCN(CC)CCCN(CC)Cc1cc(C)c(O)c(C)c1. The predicted octanol–water partition coefficient (Wildman–Crippen LogP) is 3.56. The van der Waals surface area contributed by atoms with Gasteiger partial charge in [0.05, 0.1) is 0 Å². The second kappa shape index (κ2) is 9.06. The van der Waals surface area contributed by atoms with Crippen molar-refractivity contribution >= 4 is 0 Å². The Morgan fingerprint density at radius 2 is 1.33 bits per heavy atom. The minimum Gasteiger partial charge on any atom is -0.507 e. The molecule has 0 aliphatic rings. The summed E-state index contributed by atoms with van der Waals surface area (Å²) in [6.07, 6.45) is 1.21. The van der Waals surface area contributed by atoms with Crippen LogP contribution in [0.5, 0.6) is 5.75 Å². The first-order valence-corrected chi connectivity index (χ1v) is 8.25. The van der Waals surface area contributed by atoms with Crippen molar-refractivity contribution in [2.75, 3.05) is 32.7 Å². The van der Waals surface area contributed by atoms with Gasteiger partial charge in [0.1, 0.15) is 5.75 Å². The van der Waals surface area contributed by atoms with Crippen LogP contribution in [0, 0.1) is 13.8 Å². The third-order valence-electron chi connectivity index (χ3n) is 4.25. The molecule has 1 N–H and O–H groups in total. The fourth-order valence-corrected chi connectivity index (χ4v) is 2.80. The second-order valence-electron chi connectivity index (χ2n) is 5.83. The number of aryl methyl sites for hydroxylation is 2. The number of rotatable bonds is 9. The van der Waals surface area contributed by atoms with E-state index >= 15 is 0 Å². The van der Waals surface area contributed by atoms with Crippen molar-refractivity contribution < 1.29 is 5.11 Å². The van der Waals surface area contributed by atoms with Crippen molar-refractivity contribution in [3.05, 3.63) is 28.8 Å². The molecule has 1 aromatic carbocycles. The minimum absolute atomic E-state index is 0.434. The Bertz CT molecular complexity index is 404. The summed E-state index contributed by atoms with van der Waals surface area (Å²) in [4.78, 5) is 4.96. The fourth-order valence-electron chi connectivity index (χ4n) is 2.80. The Balaban J connectivity index is 2.54. The Kier molecular flexibility index (Phi) is 7.76. The lowest BCUT2D eigenvalue weighted by atomic mass is 10.1. The third kappa shape index (κ3) is 5.68. The molecule has 21 heavy (non-hydrogen) atoms. The van der Waals surface area contributed by atoms with Crippen LogP contribution in [0.4, 0.5) is 0 Å². The lowest BCUT2D eigenvalue weighted by Gasteiger charge is -2.24. The van der Waals surface area contributed by atoms with Gasteiger partial charge in [0.2, 0.25) is 0 Å². The van der Waals surface area contributed by atoms with Crippen molar-refractivity contribution in [2.24, 2.45) is 0 Å². The van der Waals surface area contributed by atoms with Gasteiger partial charge in [-0.1, -0.05) is 32.9 Å². The minimum atomic E-state index is 0.434. The predicted molar refractivity (Wildman–Crippen MR) is 90.9 cm³/mol. The summed E-state index contributed by atoms with van der Waals surface area (Å²) < 4.78 is 0. The Labute approximate surface area is 130 Å². The average Bonchev–Trinajstić information content (AvgIpc) is 2.47. The van der Waals surface area contributed by atoms with E-state index in [0.29, 0.717) is 5.75 Å². The zero-order chi connectivity index (χ0) is 15.8. The summed E-state index contributed by atoms with van der Waals surface area (Å²) in [5.74, 6) is 0.434. The largest absolute Gasteiger partial charge is 0.507 e. The van der Waals surface area contributed by atoms with Crippen LogP contribution < -0.4 is 0 Å². The molecule has 0 aliphatic heterocycles. The van der Waals surface area contributed by atoms with Gasteiger partial charge < -0.3 is 10.0 Å². The van der Waals surface area contributed by atoms with Crippen molar-refractivity contribution in [1.82, 2.24) is 9.80 Å². The molecule has 0 fully saturated rings. The van der Waals surface area contributed by atoms with E-state index in [9.17, 15) is 5.11 Å². The van der Waals surface area contributed by atoms with Gasteiger partial charge in [0.15, 0.2) is 0 Å². The zero-order valence-electron chi connectivity index (χ0n) is 14.4. The smallest absolute Gasteiger partial charge is 0.121 e. The van der Waals surface area contributed by atoms with E-state index in [1.54, 1.807) is 0 Å². The average molecular weight is 292 g/mol. The van der Waals surface area contributed by atoms with E-state index in [0.717, 1.165) is 43.9 Å². The number of hydrogen-bond acceptors (Lipinski definition) is 3. The van der Waals surface area contributed by atoms with Gasteiger partial charge in [-0.05, 0) is 69.7 Å². The van der Waals surface area contributed by atoms with Crippen LogP contribution in [-0.2, 0) is 6.54 Å². The summed E-state index contributed by atoms with van der Waals surface area (Å²) in [6.45, 7) is 17.2. The Hall–Kier alpha value is -1.06. The third-order valence-corrected chi connectivity index (χ3v) is 4.25. The van der Waals surface area contributed by atoms with E-state index in [1.165, 1.54) is 18.5 Å². The van der Waals surface area contributed by atoms with Gasteiger partial charge in [0.25, 0.3) is 0 Å². The fraction of sp³-hybridized carbons (Fsp3) is 0.667. The first-order valence-electron chi connectivity index (χ1n) is 8.25. The molecular weight excluding hydrogens is 260 g/mol. The lowest BCUT2D eigenvalue weighted by molar-refractivity contribution is 0.238. The van der Waals surface area contributed by atoms with Crippen LogP contribution in [0.2, 0.25) is 0 Å². The molecule has 0 aliphatic carbocycles. The molecule has 0 heterocycles. The molecule has 1 aromatic rings. The molecule has 120 valence electrons. The topological polar surface area (TPSA) is 26.7 Å². The van der Waals surface area contributed by atoms with Crippen LogP contribution in [0.15, 0.2) is 12.1 Å². The number of nitrogens with zero attached hydrogens (tertiary/aromatic N) is 2. The Morgan fingerprint density at radius 3 is 1.81 bits per heavy atom. The van der Waals surface area contributed by atoms with Gasteiger partial charge >= 0.3 is 0 Å². The normalized spacial score (nSPS) is 11.6. The van der Waals surface area contributed by atoms with Crippen molar-refractivity contribution in [3.8, 4) is 5.75 Å². The van der Waals surface area contributed by atoms with Crippen LogP contribution >= 0.6 is 0 Å². The zero-order valence-corrected chi connectivity index (χ0v) is 14.4. The molecule has 0 unspecified atom stereocenters. The quantitative estimate of drug-likeness (QED) is 0.754. The van der Waals surface area contributed by atoms with Gasteiger partial charge in [-0.3, -0.25) is 4.90 Å². The van der Waals surface area contributed by atoms with E-state index < -0.39 is 0 Å². The monoisotopic (exact) mass is 292 g/mol. The van der Waals surface area contributed by atoms with Gasteiger partial charge in [-0.2, -0.15) is 0 Å². The van der Waals surface area contributed by atoms with Gasteiger partial charge in [0, 0.05) is 6.54 Å². The standard InChI is InChI=1S/C18H32N2O/c1-6-19(7-2)10-9-11-20(8-3)14-17-12-15(4)18(21)16(5)13-17/h12-13,21H,6-11,14H2,1-5H3. The molecule has 0 saturated heterocycles. The molecular formula is C18H32N2O. The number of hydrogen-bond donors (Lipinski definition) is 1. The summed E-state index contributed by atoms with van der Waals surface area (Å²) in [6, 6.07) is 4.21. The van der Waals surface area contributed by atoms with E-state index in [2.05, 4.69) is 42.7 Å². The molecule has 0 atom stereocenters. The number of aromatic hydroxyl groups is 1. The lowest BCUT2D eigenvalue weighted by Crippen LogP contribution is -2.29. The van der Waals surface area contributed by atoms with E-state index in [4.69, 9.17) is 0 Å². The van der Waals surface area contributed by atoms with E-state index in [1.807, 2.05) is 13.8 Å². The summed E-state index contributed by atoms with van der Waals surface area (Å²) in [5, 5.41) is 9.86. The van der Waals surface area contributed by atoms with Crippen LogP contribution in [0.3, 0.4) is 0 Å². The maximum absolute atomic E-state index is 9.86. The molecule has 1 rings (SSSR count). The first kappa shape index (κ1) is 18.0. The number of phenolic OH excluding ortho intramolecular Hbond substituents is 1. The molecule has 0 radical (unpaired) electrons. The molecule has 0 aromatic heterocycles. The molecule has 0 saturated carbocycles. The first-order chi connectivity index (χ1) is 10.0. The maximum Gasteiger partial charge on any atom is 0.121 e. The summed E-state index contributed by atoms with van der Waals surface area (Å²) in [7, 11) is 0. The maximum atomic E-state index is 9.86. The summed E-state index contributed by atoms with van der Waals surface area (Å²) >= 11 is 0. The number of benzene rings is 1. The van der Waals surface area contributed by atoms with Crippen molar-refractivity contribution in [1.29, 1.82) is 0 Å². The Morgan fingerprint density at radius 1 is 0.857 bits per heavy atom. The highest BCUT2D eigenvalue weighted by molar-refractivity contribution is 5.42. The highest BCUT2D eigenvalue weighted by atomic mass is 16.3. The van der Waals surface area contributed by atoms with Crippen LogP contribution in [0.1, 0.15) is 43.9 Å². The van der Waals surface area contributed by atoms with Crippen molar-refractivity contribution in [2.45, 2.75) is 47.6 Å². The molecule has 0 amide bonds. The van der Waals surface area contributed by atoms with E-state index in [-0.39, 0.29) is 0 Å². The highest BCUT2D eigenvalue weighted by Gasteiger charge is 2.08. The van der Waals surface area contributed by atoms with Gasteiger partial charge in [-0.15, -0.1) is 0 Å². The van der Waals surface area contributed by atoms with Crippen LogP contribution in [0.25, 0.3) is 0 Å². The molecule has 3 heteroatoms. The number of phenols is 1. The van der Waals surface area contributed by atoms with Crippen molar-refractivity contribution in [3.63, 3.8) is 0 Å². The molecule has 3 nitrogen and oxygen atoms in total. The highest BCUT2D eigenvalue weighted by Crippen LogP contribution is 2.23. The molecule has 0 spiro atoms. The van der Waals surface area contributed by atoms with Gasteiger partial charge in [-0.25, -0.2) is 0 Å². The molecule has 0 bridgehead atoms.